The van der Waals surface area contributed by atoms with Crippen molar-refractivity contribution in [3.63, 3.8) is 0 Å². The maximum absolute atomic E-state index is 11.6. The topological polar surface area (TPSA) is 91.5 Å². The summed E-state index contributed by atoms with van der Waals surface area (Å²) in [6, 6.07) is 8.00. The molecule has 0 saturated carbocycles. The van der Waals surface area contributed by atoms with Gasteiger partial charge in [0.05, 0.1) is 18.8 Å². The zero-order valence-electron chi connectivity index (χ0n) is 14.9. The number of amides is 1. The number of carbonyl (C=O) groups is 1. The number of aryl methyl sites for hydroxylation is 1. The van der Waals surface area contributed by atoms with Crippen LogP contribution in [-0.4, -0.2) is 37.0 Å². The minimum absolute atomic E-state index is 0.0621. The summed E-state index contributed by atoms with van der Waals surface area (Å²) >= 11 is 0. The second-order valence-electron chi connectivity index (χ2n) is 5.64. The maximum Gasteiger partial charge on any atom is 0.239 e. The highest BCUT2D eigenvalue weighted by Crippen LogP contribution is 2.18. The Hall–Kier alpha value is -2.83. The van der Waals surface area contributed by atoms with Crippen LogP contribution < -0.4 is 16.0 Å². The van der Waals surface area contributed by atoms with Crippen molar-refractivity contribution in [2.24, 2.45) is 4.99 Å². The van der Waals surface area contributed by atoms with Gasteiger partial charge in [-0.1, -0.05) is 24.6 Å². The Labute approximate surface area is 147 Å². The molecule has 3 N–H and O–H groups in total. The second kappa shape index (κ2) is 9.46. The van der Waals surface area contributed by atoms with E-state index < -0.39 is 0 Å². The van der Waals surface area contributed by atoms with Crippen molar-refractivity contribution >= 4 is 11.9 Å². The van der Waals surface area contributed by atoms with Crippen molar-refractivity contribution in [2.75, 3.05) is 20.1 Å². The van der Waals surface area contributed by atoms with E-state index in [2.05, 4.69) is 25.9 Å². The highest BCUT2D eigenvalue weighted by atomic mass is 16.3. The molecule has 7 heteroatoms. The van der Waals surface area contributed by atoms with Crippen LogP contribution in [0.1, 0.15) is 24.6 Å². The van der Waals surface area contributed by atoms with Gasteiger partial charge in [0.15, 0.2) is 5.96 Å². The monoisotopic (exact) mass is 343 g/mol. The Kier molecular flexibility index (Phi) is 7.00. The van der Waals surface area contributed by atoms with Gasteiger partial charge in [-0.3, -0.25) is 9.79 Å². The van der Waals surface area contributed by atoms with E-state index in [0.717, 1.165) is 17.7 Å². The average Bonchev–Trinajstić information content (AvgIpc) is 3.09. The number of benzene rings is 1. The Morgan fingerprint density at radius 2 is 1.96 bits per heavy atom. The molecule has 1 heterocycles. The number of aromatic nitrogens is 1. The molecule has 0 saturated heterocycles. The summed E-state index contributed by atoms with van der Waals surface area (Å²) in [5.74, 6) is 1.05. The van der Waals surface area contributed by atoms with Crippen molar-refractivity contribution in [1.82, 2.24) is 20.9 Å². The number of nitrogens with one attached hydrogen (secondary N) is 3. The molecule has 0 aliphatic rings. The molecule has 1 aromatic heterocycles. The lowest BCUT2D eigenvalue weighted by molar-refractivity contribution is -0.120. The number of carbonyl (C=O) groups excluding carboxylic acids is 1. The largest absolute Gasteiger partial charge is 0.444 e. The van der Waals surface area contributed by atoms with Crippen molar-refractivity contribution in [3.8, 4) is 11.5 Å². The number of hydrogen-bond acceptors (Lipinski definition) is 4. The summed E-state index contributed by atoms with van der Waals surface area (Å²) in [5, 5.41) is 8.87. The molecule has 25 heavy (non-hydrogen) atoms. The zero-order chi connectivity index (χ0) is 18.1. The molecular formula is C18H25N5O2. The standard InChI is InChI=1S/C18H25N5O2/c1-4-9-20-16(24)11-22-18(19-3)21-10-15-12-25-17(23-15)14-7-5-13(2)6-8-14/h5-8,12H,4,9-11H2,1-3H3,(H,20,24)(H2,19,21,22). The van der Waals surface area contributed by atoms with E-state index in [1.54, 1.807) is 13.3 Å². The summed E-state index contributed by atoms with van der Waals surface area (Å²) in [7, 11) is 1.65. The van der Waals surface area contributed by atoms with Gasteiger partial charge in [-0.2, -0.15) is 0 Å². The molecule has 2 aromatic rings. The molecule has 1 aromatic carbocycles. The van der Waals surface area contributed by atoms with Crippen LogP contribution in [0.15, 0.2) is 39.9 Å². The van der Waals surface area contributed by atoms with E-state index in [0.29, 0.717) is 24.9 Å². The fraction of sp³-hybridized carbons (Fsp3) is 0.389. The van der Waals surface area contributed by atoms with Gasteiger partial charge in [0, 0.05) is 19.2 Å². The molecule has 134 valence electrons. The van der Waals surface area contributed by atoms with Gasteiger partial charge < -0.3 is 20.4 Å². The summed E-state index contributed by atoms with van der Waals surface area (Å²) in [6.07, 6.45) is 2.53. The number of oxazole rings is 1. The average molecular weight is 343 g/mol. The van der Waals surface area contributed by atoms with Crippen LogP contribution in [0.2, 0.25) is 0 Å². The maximum atomic E-state index is 11.6. The molecule has 0 atom stereocenters. The third-order valence-electron chi connectivity index (χ3n) is 3.50. The molecule has 0 unspecified atom stereocenters. The molecule has 7 nitrogen and oxygen atoms in total. The van der Waals surface area contributed by atoms with Crippen LogP contribution >= 0.6 is 0 Å². The van der Waals surface area contributed by atoms with Crippen LogP contribution in [0.3, 0.4) is 0 Å². The lowest BCUT2D eigenvalue weighted by Crippen LogP contribution is -2.43. The van der Waals surface area contributed by atoms with Gasteiger partial charge in [-0.15, -0.1) is 0 Å². The van der Waals surface area contributed by atoms with Crippen LogP contribution in [0.5, 0.6) is 0 Å². The lowest BCUT2D eigenvalue weighted by atomic mass is 10.1. The Balaban J connectivity index is 1.83. The number of guanidine groups is 1. The predicted octanol–water partition coefficient (Wildman–Crippen LogP) is 1.84. The van der Waals surface area contributed by atoms with Crippen molar-refractivity contribution in [2.45, 2.75) is 26.8 Å². The van der Waals surface area contributed by atoms with Crippen LogP contribution in [0, 0.1) is 6.92 Å². The van der Waals surface area contributed by atoms with Crippen molar-refractivity contribution in [3.05, 3.63) is 41.8 Å². The van der Waals surface area contributed by atoms with Gasteiger partial charge in [0.1, 0.15) is 6.26 Å². The first-order valence-electron chi connectivity index (χ1n) is 8.35. The highest BCUT2D eigenvalue weighted by Gasteiger charge is 2.08. The zero-order valence-corrected chi connectivity index (χ0v) is 14.9. The van der Waals surface area contributed by atoms with Crippen LogP contribution in [0.4, 0.5) is 0 Å². The quantitative estimate of drug-likeness (QED) is 0.527. The van der Waals surface area contributed by atoms with Gasteiger partial charge in [0.25, 0.3) is 0 Å². The fourth-order valence-electron chi connectivity index (χ4n) is 2.10. The molecule has 2 rings (SSSR count). The van der Waals surface area contributed by atoms with E-state index in [1.165, 1.54) is 5.56 Å². The van der Waals surface area contributed by atoms with Gasteiger partial charge in [-0.05, 0) is 25.5 Å². The molecule has 0 aliphatic carbocycles. The SMILES string of the molecule is CCCNC(=O)CNC(=NC)NCc1coc(-c2ccc(C)cc2)n1. The van der Waals surface area contributed by atoms with Crippen LogP contribution in [-0.2, 0) is 11.3 Å². The van der Waals surface area contributed by atoms with Crippen LogP contribution in [0.25, 0.3) is 11.5 Å². The number of rotatable bonds is 7. The first-order valence-corrected chi connectivity index (χ1v) is 8.35. The van der Waals surface area contributed by atoms with E-state index >= 15 is 0 Å². The second-order valence-corrected chi connectivity index (χ2v) is 5.64. The summed E-state index contributed by atoms with van der Waals surface area (Å²) in [4.78, 5) is 20.1. The predicted molar refractivity (Wildman–Crippen MR) is 98.2 cm³/mol. The van der Waals surface area contributed by atoms with E-state index in [9.17, 15) is 4.79 Å². The molecule has 0 aliphatic heterocycles. The Morgan fingerprint density at radius 3 is 2.64 bits per heavy atom. The first kappa shape index (κ1) is 18.5. The first-order chi connectivity index (χ1) is 12.1. The fourth-order valence-corrected chi connectivity index (χ4v) is 2.10. The van der Waals surface area contributed by atoms with E-state index in [1.807, 2.05) is 38.1 Å². The van der Waals surface area contributed by atoms with Gasteiger partial charge in [0.2, 0.25) is 11.8 Å². The number of hydrogen-bond donors (Lipinski definition) is 3. The molecular weight excluding hydrogens is 318 g/mol. The minimum atomic E-state index is -0.0621. The van der Waals surface area contributed by atoms with Crippen molar-refractivity contribution < 1.29 is 9.21 Å². The van der Waals surface area contributed by atoms with Gasteiger partial charge >= 0.3 is 0 Å². The normalized spacial score (nSPS) is 11.2. The molecule has 0 spiro atoms. The third-order valence-corrected chi connectivity index (χ3v) is 3.50. The van der Waals surface area contributed by atoms with E-state index in [4.69, 9.17) is 4.42 Å². The lowest BCUT2D eigenvalue weighted by Gasteiger charge is -2.10. The summed E-state index contributed by atoms with van der Waals surface area (Å²) in [5.41, 5.74) is 2.89. The minimum Gasteiger partial charge on any atom is -0.444 e. The molecule has 0 fully saturated rings. The highest BCUT2D eigenvalue weighted by molar-refractivity contribution is 5.86. The molecule has 0 bridgehead atoms. The summed E-state index contributed by atoms with van der Waals surface area (Å²) < 4.78 is 5.52. The van der Waals surface area contributed by atoms with Gasteiger partial charge in [-0.25, -0.2) is 4.98 Å². The Bertz CT molecular complexity index is 707. The molecule has 0 radical (unpaired) electrons. The smallest absolute Gasteiger partial charge is 0.239 e. The van der Waals surface area contributed by atoms with E-state index in [-0.39, 0.29) is 12.5 Å². The van der Waals surface area contributed by atoms with Crippen molar-refractivity contribution in [1.29, 1.82) is 0 Å². The number of nitrogens with zero attached hydrogens (tertiary/aromatic N) is 2. The third kappa shape index (κ3) is 5.95. The Morgan fingerprint density at radius 1 is 1.20 bits per heavy atom. The summed E-state index contributed by atoms with van der Waals surface area (Å²) in [6.45, 7) is 5.35. The molecule has 1 amide bonds. The number of aliphatic imine (C=N–C) groups is 1.